The lowest BCUT2D eigenvalue weighted by atomic mass is 10.2. The molecule has 1 aromatic rings. The van der Waals surface area contributed by atoms with Crippen LogP contribution in [-0.2, 0) is 19.5 Å². The summed E-state index contributed by atoms with van der Waals surface area (Å²) in [5.74, 6) is -0.109. The second-order valence-electron chi connectivity index (χ2n) is 5.57. The molecule has 1 aliphatic heterocycles. The van der Waals surface area contributed by atoms with Crippen LogP contribution in [0.5, 0.6) is 0 Å². The lowest BCUT2D eigenvalue weighted by Gasteiger charge is -2.26. The Morgan fingerprint density at radius 2 is 1.84 bits per heavy atom. The molecule has 2 N–H and O–H groups in total. The summed E-state index contributed by atoms with van der Waals surface area (Å²) in [7, 11) is -1.98. The molecule has 25 heavy (non-hydrogen) atoms. The van der Waals surface area contributed by atoms with Crippen LogP contribution in [0.2, 0.25) is 0 Å². The van der Waals surface area contributed by atoms with Gasteiger partial charge >= 0.3 is 0 Å². The van der Waals surface area contributed by atoms with Crippen LogP contribution >= 0.6 is 0 Å². The average Bonchev–Trinajstić information content (AvgIpc) is 2.65. The van der Waals surface area contributed by atoms with Crippen LogP contribution in [-0.4, -0.2) is 78.9 Å². The van der Waals surface area contributed by atoms with E-state index in [0.29, 0.717) is 51.6 Å². The van der Waals surface area contributed by atoms with Crippen molar-refractivity contribution in [1.82, 2.24) is 14.9 Å². The number of nitrogens with one attached hydrogen (secondary N) is 2. The Morgan fingerprint density at radius 1 is 1.16 bits per heavy atom. The zero-order chi connectivity index (χ0) is 18.1. The number of hydrogen-bond donors (Lipinski definition) is 2. The smallest absolute Gasteiger partial charge is 0.254 e. The Hall–Kier alpha value is -1.52. The van der Waals surface area contributed by atoms with E-state index in [1.165, 1.54) is 12.1 Å². The molecule has 1 aliphatic rings. The van der Waals surface area contributed by atoms with Crippen molar-refractivity contribution in [2.45, 2.75) is 4.90 Å². The van der Waals surface area contributed by atoms with Crippen molar-refractivity contribution in [2.75, 3.05) is 59.7 Å². The molecule has 9 heteroatoms. The molecule has 2 rings (SSSR count). The average molecular weight is 371 g/mol. The van der Waals surface area contributed by atoms with E-state index >= 15 is 0 Å². The Morgan fingerprint density at radius 3 is 2.48 bits per heavy atom. The normalized spacial score (nSPS) is 15.3. The predicted molar refractivity (Wildman–Crippen MR) is 93.1 cm³/mol. The highest BCUT2D eigenvalue weighted by Crippen LogP contribution is 2.13. The van der Waals surface area contributed by atoms with Gasteiger partial charge in [-0.05, 0) is 24.3 Å². The molecule has 1 amide bonds. The fourth-order valence-corrected chi connectivity index (χ4v) is 3.41. The molecule has 0 aromatic heterocycles. The standard InChI is InChI=1S/C16H25N3O5S/c1-23-11-8-17-6-7-18-25(21,22)15-4-2-14(3-5-15)16(20)19-9-12-24-13-10-19/h2-5,17-18H,6-13H2,1H3. The summed E-state index contributed by atoms with van der Waals surface area (Å²) in [6.45, 7) is 4.19. The molecule has 0 bridgehead atoms. The van der Waals surface area contributed by atoms with Gasteiger partial charge in [-0.15, -0.1) is 0 Å². The topological polar surface area (TPSA) is 97.0 Å². The number of amides is 1. The maximum Gasteiger partial charge on any atom is 0.254 e. The molecule has 0 saturated carbocycles. The first-order valence-corrected chi connectivity index (χ1v) is 9.69. The molecule has 1 saturated heterocycles. The van der Waals surface area contributed by atoms with Gasteiger partial charge in [0.2, 0.25) is 10.0 Å². The van der Waals surface area contributed by atoms with Crippen molar-refractivity contribution >= 4 is 15.9 Å². The number of rotatable bonds is 9. The zero-order valence-electron chi connectivity index (χ0n) is 14.4. The van der Waals surface area contributed by atoms with Gasteiger partial charge in [0, 0.05) is 45.4 Å². The third-order valence-electron chi connectivity index (χ3n) is 3.79. The number of carbonyl (C=O) groups is 1. The predicted octanol–water partition coefficient (Wildman–Crippen LogP) is -0.327. The summed E-state index contributed by atoms with van der Waals surface area (Å²) in [5, 5.41) is 3.06. The van der Waals surface area contributed by atoms with Gasteiger partial charge in [-0.25, -0.2) is 13.1 Å². The van der Waals surface area contributed by atoms with Crippen LogP contribution in [0, 0.1) is 0 Å². The van der Waals surface area contributed by atoms with Gasteiger partial charge < -0.3 is 19.7 Å². The van der Waals surface area contributed by atoms with Gasteiger partial charge in [0.05, 0.1) is 24.7 Å². The Balaban J connectivity index is 1.88. The summed E-state index contributed by atoms with van der Waals surface area (Å²) < 4.78 is 37.1. The van der Waals surface area contributed by atoms with E-state index < -0.39 is 10.0 Å². The fourth-order valence-electron chi connectivity index (χ4n) is 2.38. The third kappa shape index (κ3) is 6.05. The molecule has 0 radical (unpaired) electrons. The Bertz CT molecular complexity index is 642. The number of hydrogen-bond acceptors (Lipinski definition) is 6. The summed E-state index contributed by atoms with van der Waals surface area (Å²) >= 11 is 0. The number of carbonyl (C=O) groups excluding carboxylic acids is 1. The number of morpholine rings is 1. The van der Waals surface area contributed by atoms with Crippen LogP contribution in [0.25, 0.3) is 0 Å². The molecule has 1 fully saturated rings. The van der Waals surface area contributed by atoms with E-state index in [1.54, 1.807) is 24.1 Å². The van der Waals surface area contributed by atoms with Crippen molar-refractivity contribution in [3.05, 3.63) is 29.8 Å². The SMILES string of the molecule is COCCNCCNS(=O)(=O)c1ccc(C(=O)N2CCOCC2)cc1. The van der Waals surface area contributed by atoms with Crippen molar-refractivity contribution in [2.24, 2.45) is 0 Å². The molecule has 0 unspecified atom stereocenters. The molecule has 8 nitrogen and oxygen atoms in total. The van der Waals surface area contributed by atoms with Crippen LogP contribution in [0.1, 0.15) is 10.4 Å². The molecular weight excluding hydrogens is 346 g/mol. The zero-order valence-corrected chi connectivity index (χ0v) is 15.2. The second kappa shape index (κ2) is 9.83. The molecule has 1 heterocycles. The quantitative estimate of drug-likeness (QED) is 0.577. The lowest BCUT2D eigenvalue weighted by molar-refractivity contribution is 0.0303. The third-order valence-corrected chi connectivity index (χ3v) is 5.26. The maximum atomic E-state index is 12.3. The highest BCUT2D eigenvalue weighted by Gasteiger charge is 2.19. The van der Waals surface area contributed by atoms with Crippen LogP contribution in [0.3, 0.4) is 0 Å². The van der Waals surface area contributed by atoms with Crippen LogP contribution < -0.4 is 10.0 Å². The number of ether oxygens (including phenoxy) is 2. The van der Waals surface area contributed by atoms with Gasteiger partial charge in [0.25, 0.3) is 5.91 Å². The summed E-state index contributed by atoms with van der Waals surface area (Å²) in [6.07, 6.45) is 0. The first kappa shape index (κ1) is 19.8. The van der Waals surface area contributed by atoms with Gasteiger partial charge in [0.1, 0.15) is 0 Å². The number of methoxy groups -OCH3 is 1. The molecular formula is C16H25N3O5S. The van der Waals surface area contributed by atoms with E-state index in [-0.39, 0.29) is 17.3 Å². The van der Waals surface area contributed by atoms with E-state index in [9.17, 15) is 13.2 Å². The van der Waals surface area contributed by atoms with Gasteiger partial charge in [-0.3, -0.25) is 4.79 Å². The highest BCUT2D eigenvalue weighted by atomic mass is 32.2. The van der Waals surface area contributed by atoms with E-state index in [1.807, 2.05) is 0 Å². The minimum absolute atomic E-state index is 0.109. The molecule has 0 spiro atoms. The van der Waals surface area contributed by atoms with Crippen molar-refractivity contribution < 1.29 is 22.7 Å². The van der Waals surface area contributed by atoms with E-state index in [0.717, 1.165) is 0 Å². The maximum absolute atomic E-state index is 12.3. The number of sulfonamides is 1. The minimum Gasteiger partial charge on any atom is -0.383 e. The van der Waals surface area contributed by atoms with Gasteiger partial charge in [-0.1, -0.05) is 0 Å². The molecule has 1 aromatic carbocycles. The van der Waals surface area contributed by atoms with Crippen LogP contribution in [0.4, 0.5) is 0 Å². The van der Waals surface area contributed by atoms with Crippen LogP contribution in [0.15, 0.2) is 29.2 Å². The summed E-state index contributed by atoms with van der Waals surface area (Å²) in [5.41, 5.74) is 0.474. The molecule has 0 aliphatic carbocycles. The molecule has 140 valence electrons. The number of nitrogens with zero attached hydrogens (tertiary/aromatic N) is 1. The minimum atomic E-state index is -3.59. The summed E-state index contributed by atoms with van der Waals surface area (Å²) in [6, 6.07) is 6.00. The van der Waals surface area contributed by atoms with Crippen molar-refractivity contribution in [1.29, 1.82) is 0 Å². The first-order valence-electron chi connectivity index (χ1n) is 8.21. The van der Waals surface area contributed by atoms with E-state index in [4.69, 9.17) is 9.47 Å². The molecule has 0 atom stereocenters. The number of benzene rings is 1. The van der Waals surface area contributed by atoms with Crippen molar-refractivity contribution in [3.8, 4) is 0 Å². The lowest BCUT2D eigenvalue weighted by Crippen LogP contribution is -2.40. The summed E-state index contributed by atoms with van der Waals surface area (Å²) in [4.78, 5) is 14.2. The van der Waals surface area contributed by atoms with Crippen molar-refractivity contribution in [3.63, 3.8) is 0 Å². The Kier molecular flexibility index (Phi) is 7.79. The van der Waals surface area contributed by atoms with Gasteiger partial charge in [-0.2, -0.15) is 0 Å². The fraction of sp³-hybridized carbons (Fsp3) is 0.562. The second-order valence-corrected chi connectivity index (χ2v) is 7.34. The Labute approximate surface area is 148 Å². The first-order chi connectivity index (χ1) is 12.0. The highest BCUT2D eigenvalue weighted by molar-refractivity contribution is 7.89. The monoisotopic (exact) mass is 371 g/mol. The largest absolute Gasteiger partial charge is 0.383 e. The van der Waals surface area contributed by atoms with E-state index in [2.05, 4.69) is 10.0 Å². The van der Waals surface area contributed by atoms with Gasteiger partial charge in [0.15, 0.2) is 0 Å².